The Morgan fingerprint density at radius 1 is 0.875 bits per heavy atom. The standard InChI is InChI=1S/C20H42O2Si2/c1-14-12-15(17(21)23(8,9)19(2,3)4)16(13-14)18(22)24(10,11)20(5,6)7/h12,15-18,21-22H,13H2,1-11H3. The van der Waals surface area contributed by atoms with Gasteiger partial charge in [0.15, 0.2) is 0 Å². The third-order valence-corrected chi connectivity index (χ3v) is 19.1. The normalized spacial score (nSPS) is 26.3. The molecule has 4 atom stereocenters. The number of rotatable bonds is 4. The minimum absolute atomic E-state index is 0.106. The van der Waals surface area contributed by atoms with Gasteiger partial charge in [-0.05, 0) is 29.3 Å². The van der Waals surface area contributed by atoms with E-state index < -0.39 is 16.1 Å². The Morgan fingerprint density at radius 2 is 1.25 bits per heavy atom. The van der Waals surface area contributed by atoms with Crippen LogP contribution >= 0.6 is 0 Å². The Labute approximate surface area is 152 Å². The second kappa shape index (κ2) is 6.68. The zero-order chi connectivity index (χ0) is 19.3. The molecule has 0 aromatic carbocycles. The van der Waals surface area contributed by atoms with Gasteiger partial charge in [0.1, 0.15) is 0 Å². The third kappa shape index (κ3) is 3.92. The van der Waals surface area contributed by atoms with E-state index in [0.717, 1.165) is 6.42 Å². The van der Waals surface area contributed by atoms with E-state index in [2.05, 4.69) is 80.7 Å². The van der Waals surface area contributed by atoms with E-state index in [1.165, 1.54) is 5.57 Å². The zero-order valence-corrected chi connectivity index (χ0v) is 20.0. The van der Waals surface area contributed by atoms with Crippen molar-refractivity contribution in [2.45, 2.75) is 103 Å². The lowest BCUT2D eigenvalue weighted by Gasteiger charge is -2.48. The van der Waals surface area contributed by atoms with Crippen LogP contribution in [0.4, 0.5) is 0 Å². The molecule has 0 spiro atoms. The van der Waals surface area contributed by atoms with Gasteiger partial charge in [0.2, 0.25) is 0 Å². The minimum Gasteiger partial charge on any atom is -0.396 e. The van der Waals surface area contributed by atoms with Crippen molar-refractivity contribution in [3.63, 3.8) is 0 Å². The average molecular weight is 371 g/mol. The Bertz CT molecular complexity index is 481. The molecule has 0 heterocycles. The van der Waals surface area contributed by atoms with Crippen molar-refractivity contribution in [3.05, 3.63) is 11.6 Å². The molecule has 4 heteroatoms. The van der Waals surface area contributed by atoms with Gasteiger partial charge in [0, 0.05) is 11.6 Å². The van der Waals surface area contributed by atoms with Gasteiger partial charge in [-0.2, -0.15) is 0 Å². The van der Waals surface area contributed by atoms with Crippen LogP contribution in [0.15, 0.2) is 11.6 Å². The van der Waals surface area contributed by atoms with E-state index in [-0.39, 0.29) is 33.4 Å². The van der Waals surface area contributed by atoms with Gasteiger partial charge in [-0.25, -0.2) is 0 Å². The van der Waals surface area contributed by atoms with Crippen molar-refractivity contribution >= 4 is 16.1 Å². The van der Waals surface area contributed by atoms with Crippen LogP contribution < -0.4 is 0 Å². The van der Waals surface area contributed by atoms with Gasteiger partial charge >= 0.3 is 0 Å². The molecular formula is C20H42O2Si2. The number of aliphatic hydroxyl groups is 2. The lowest BCUT2D eigenvalue weighted by atomic mass is 9.96. The van der Waals surface area contributed by atoms with Crippen LogP contribution in [0.25, 0.3) is 0 Å². The van der Waals surface area contributed by atoms with Crippen LogP contribution in [-0.2, 0) is 0 Å². The number of hydrogen-bond acceptors (Lipinski definition) is 2. The second-order valence-electron chi connectivity index (χ2n) is 11.3. The van der Waals surface area contributed by atoms with Crippen LogP contribution in [0.2, 0.25) is 36.3 Å². The SMILES string of the molecule is CC1=CC(C(O)[Si](C)(C)C(C)(C)C)C(C(O)[Si](C)(C)C(C)(C)C)C1. The van der Waals surface area contributed by atoms with Crippen LogP contribution in [0.1, 0.15) is 54.9 Å². The first kappa shape index (κ1) is 22.1. The summed E-state index contributed by atoms with van der Waals surface area (Å²) in [5, 5.41) is 23.0. The summed E-state index contributed by atoms with van der Waals surface area (Å²) in [7, 11) is -3.75. The second-order valence-corrected chi connectivity index (χ2v) is 22.4. The van der Waals surface area contributed by atoms with E-state index >= 15 is 0 Å². The zero-order valence-electron chi connectivity index (χ0n) is 18.0. The predicted molar refractivity (Wildman–Crippen MR) is 112 cm³/mol. The lowest BCUT2D eigenvalue weighted by molar-refractivity contribution is 0.0941. The highest BCUT2D eigenvalue weighted by Gasteiger charge is 2.52. The highest BCUT2D eigenvalue weighted by atomic mass is 28.3. The molecule has 0 fully saturated rings. The predicted octanol–water partition coefficient (Wildman–Crippen LogP) is 5.39. The molecule has 4 unspecified atom stereocenters. The maximum Gasteiger partial charge on any atom is 0.0872 e. The quantitative estimate of drug-likeness (QED) is 0.515. The van der Waals surface area contributed by atoms with Gasteiger partial charge in [0.05, 0.1) is 21.9 Å². The maximum absolute atomic E-state index is 11.4. The number of hydrogen-bond donors (Lipinski definition) is 2. The molecule has 24 heavy (non-hydrogen) atoms. The van der Waals surface area contributed by atoms with E-state index in [1.807, 2.05) is 0 Å². The van der Waals surface area contributed by atoms with Crippen molar-refractivity contribution < 1.29 is 10.2 Å². The fourth-order valence-electron chi connectivity index (χ4n) is 3.58. The van der Waals surface area contributed by atoms with E-state index in [9.17, 15) is 10.2 Å². The summed E-state index contributed by atoms with van der Waals surface area (Å²) in [6.45, 7) is 24.9. The Kier molecular flexibility index (Phi) is 6.16. The van der Waals surface area contributed by atoms with Gasteiger partial charge in [-0.15, -0.1) is 0 Å². The summed E-state index contributed by atoms with van der Waals surface area (Å²) < 4.78 is 0. The van der Waals surface area contributed by atoms with Gasteiger partial charge in [-0.1, -0.05) is 79.4 Å². The van der Waals surface area contributed by atoms with Crippen LogP contribution in [0.3, 0.4) is 0 Å². The summed E-state index contributed by atoms with van der Waals surface area (Å²) in [6, 6.07) is 0. The molecule has 1 aliphatic rings. The molecule has 0 amide bonds. The van der Waals surface area contributed by atoms with Gasteiger partial charge in [-0.3, -0.25) is 0 Å². The highest BCUT2D eigenvalue weighted by Crippen LogP contribution is 2.48. The monoisotopic (exact) mass is 370 g/mol. The molecule has 0 aliphatic heterocycles. The Morgan fingerprint density at radius 3 is 1.62 bits per heavy atom. The van der Waals surface area contributed by atoms with Gasteiger partial charge in [0.25, 0.3) is 0 Å². The number of allylic oxidation sites excluding steroid dienone is 1. The molecule has 1 rings (SSSR count). The minimum atomic E-state index is -1.88. The van der Waals surface area contributed by atoms with E-state index in [0.29, 0.717) is 0 Å². The fourth-order valence-corrected chi connectivity index (χ4v) is 8.07. The van der Waals surface area contributed by atoms with Crippen molar-refractivity contribution in [1.82, 2.24) is 0 Å². The molecule has 0 aromatic rings. The van der Waals surface area contributed by atoms with Crippen molar-refractivity contribution in [3.8, 4) is 0 Å². The molecule has 142 valence electrons. The maximum atomic E-state index is 11.4. The topological polar surface area (TPSA) is 40.5 Å². The molecule has 0 bridgehead atoms. The third-order valence-electron chi connectivity index (χ3n) is 7.64. The first-order valence-corrected chi connectivity index (χ1v) is 15.6. The Hall–Kier alpha value is 0.0938. The largest absolute Gasteiger partial charge is 0.396 e. The first-order chi connectivity index (χ1) is 10.4. The highest BCUT2D eigenvalue weighted by molar-refractivity contribution is 6.82. The Balaban J connectivity index is 3.19. The van der Waals surface area contributed by atoms with E-state index in [4.69, 9.17) is 0 Å². The molecule has 1 aliphatic carbocycles. The summed E-state index contributed by atoms with van der Waals surface area (Å²) in [5.74, 6) is 0.282. The van der Waals surface area contributed by atoms with Crippen molar-refractivity contribution in [1.29, 1.82) is 0 Å². The van der Waals surface area contributed by atoms with Crippen LogP contribution in [-0.4, -0.2) is 37.8 Å². The van der Waals surface area contributed by atoms with Gasteiger partial charge < -0.3 is 10.2 Å². The number of aliphatic hydroxyl groups excluding tert-OH is 2. The molecule has 0 saturated heterocycles. The van der Waals surface area contributed by atoms with E-state index in [1.54, 1.807) is 0 Å². The molecule has 2 nitrogen and oxygen atoms in total. The van der Waals surface area contributed by atoms with Crippen molar-refractivity contribution in [2.24, 2.45) is 11.8 Å². The molecular weight excluding hydrogens is 328 g/mol. The summed E-state index contributed by atoms with van der Waals surface area (Å²) >= 11 is 0. The molecule has 0 saturated carbocycles. The lowest BCUT2D eigenvalue weighted by Crippen LogP contribution is -2.58. The summed E-state index contributed by atoms with van der Waals surface area (Å²) in [4.78, 5) is 0. The smallest absolute Gasteiger partial charge is 0.0872 e. The first-order valence-electron chi connectivity index (χ1n) is 9.48. The fraction of sp³-hybridized carbons (Fsp3) is 0.900. The van der Waals surface area contributed by atoms with Crippen LogP contribution in [0.5, 0.6) is 0 Å². The van der Waals surface area contributed by atoms with Crippen molar-refractivity contribution in [2.75, 3.05) is 0 Å². The molecule has 2 N–H and O–H groups in total. The average Bonchev–Trinajstić information content (AvgIpc) is 2.75. The summed E-state index contributed by atoms with van der Waals surface area (Å²) in [6.07, 6.45) is 3.20. The molecule has 0 radical (unpaired) electrons. The molecule has 0 aromatic heterocycles. The van der Waals surface area contributed by atoms with Crippen LogP contribution in [0, 0.1) is 11.8 Å². The summed E-state index contributed by atoms with van der Waals surface area (Å²) in [5.41, 5.74) is 0.746.